The molecule has 0 atom stereocenters. The molecular formula is C13H16N6O. The maximum absolute atomic E-state index is 12.2. The molecule has 0 bridgehead atoms. The zero-order valence-corrected chi connectivity index (χ0v) is 11.2. The molecule has 7 heteroatoms. The first-order valence-electron chi connectivity index (χ1n) is 6.46. The fourth-order valence-corrected chi connectivity index (χ4v) is 2.43. The molecule has 2 aliphatic rings. The van der Waals surface area contributed by atoms with Gasteiger partial charge in [0.05, 0.1) is 11.4 Å². The molecule has 1 amide bonds. The number of nitrogens with one attached hydrogen (secondary N) is 2. The Labute approximate surface area is 116 Å². The maximum atomic E-state index is 12.2. The van der Waals surface area contributed by atoms with Gasteiger partial charge in [0.15, 0.2) is 11.5 Å². The second-order valence-corrected chi connectivity index (χ2v) is 4.74. The molecule has 0 saturated carbocycles. The van der Waals surface area contributed by atoms with Gasteiger partial charge in [-0.2, -0.15) is 0 Å². The van der Waals surface area contributed by atoms with E-state index in [4.69, 9.17) is 11.1 Å². The van der Waals surface area contributed by atoms with Crippen LogP contribution in [0.4, 0.5) is 17.1 Å². The van der Waals surface area contributed by atoms with E-state index in [1.807, 2.05) is 6.07 Å². The van der Waals surface area contributed by atoms with Crippen molar-refractivity contribution in [1.82, 2.24) is 10.0 Å². The molecule has 104 valence electrons. The highest BCUT2D eigenvalue weighted by atomic mass is 16.2. The molecule has 4 N–H and O–H groups in total. The first kappa shape index (κ1) is 12.5. The Balaban J connectivity index is 1.96. The highest BCUT2D eigenvalue weighted by Gasteiger charge is 2.42. The number of hydrogen-bond donors (Lipinski definition) is 3. The molecule has 20 heavy (non-hydrogen) atoms. The Bertz CT molecular complexity index is 599. The summed E-state index contributed by atoms with van der Waals surface area (Å²) in [6.07, 6.45) is 0.889. The van der Waals surface area contributed by atoms with Crippen molar-refractivity contribution in [3.8, 4) is 0 Å². The summed E-state index contributed by atoms with van der Waals surface area (Å²) in [6.45, 7) is 1.34. The minimum Gasteiger partial charge on any atom is -0.397 e. The van der Waals surface area contributed by atoms with Crippen LogP contribution in [0.3, 0.4) is 0 Å². The average Bonchev–Trinajstić information content (AvgIpc) is 3.00. The third-order valence-electron chi connectivity index (χ3n) is 3.50. The van der Waals surface area contributed by atoms with Crippen molar-refractivity contribution < 1.29 is 4.79 Å². The van der Waals surface area contributed by atoms with E-state index in [0.717, 1.165) is 12.1 Å². The molecule has 0 radical (unpaired) electrons. The smallest absolute Gasteiger partial charge is 0.294 e. The van der Waals surface area contributed by atoms with Gasteiger partial charge in [-0.1, -0.05) is 0 Å². The van der Waals surface area contributed by atoms with Crippen LogP contribution in [0.15, 0.2) is 23.2 Å². The number of rotatable bonds is 2. The molecule has 2 heterocycles. The van der Waals surface area contributed by atoms with E-state index in [-0.39, 0.29) is 17.5 Å². The number of amidine groups is 1. The normalized spacial score (nSPS) is 19.9. The monoisotopic (exact) mass is 272 g/mol. The number of hydrogen-bond acceptors (Lipinski definition) is 5. The molecule has 3 rings (SSSR count). The summed E-state index contributed by atoms with van der Waals surface area (Å²) in [4.78, 5) is 16.5. The number of amides is 1. The summed E-state index contributed by atoms with van der Waals surface area (Å²) >= 11 is 0. The van der Waals surface area contributed by atoms with E-state index in [9.17, 15) is 4.79 Å². The second kappa shape index (κ2) is 4.52. The van der Waals surface area contributed by atoms with E-state index < -0.39 is 0 Å². The standard InChI is InChI=1S/C13H16N6O/c1-16-8-3-4-10(9(14)7-8)17-11-12(15)18-5-2-6-19(18)13(11)20/h3-4,7,15-16H,2,5-6,14H2,1H3. The number of nitrogens with two attached hydrogens (primary N) is 1. The van der Waals surface area contributed by atoms with Gasteiger partial charge in [-0.15, -0.1) is 0 Å². The predicted molar refractivity (Wildman–Crippen MR) is 78.3 cm³/mol. The summed E-state index contributed by atoms with van der Waals surface area (Å²) in [7, 11) is 1.80. The van der Waals surface area contributed by atoms with E-state index >= 15 is 0 Å². The third-order valence-corrected chi connectivity index (χ3v) is 3.50. The first-order chi connectivity index (χ1) is 9.61. The Morgan fingerprint density at radius 1 is 1.35 bits per heavy atom. The molecule has 0 aromatic heterocycles. The lowest BCUT2D eigenvalue weighted by Crippen LogP contribution is -2.33. The van der Waals surface area contributed by atoms with Crippen LogP contribution in [0.25, 0.3) is 0 Å². The van der Waals surface area contributed by atoms with Crippen LogP contribution in [0.2, 0.25) is 0 Å². The summed E-state index contributed by atoms with van der Waals surface area (Å²) in [5.41, 5.74) is 7.96. The van der Waals surface area contributed by atoms with Crippen LogP contribution in [0, 0.1) is 5.41 Å². The van der Waals surface area contributed by atoms with Gasteiger partial charge >= 0.3 is 0 Å². The molecule has 0 aliphatic carbocycles. The van der Waals surface area contributed by atoms with Crippen molar-refractivity contribution in [3.05, 3.63) is 18.2 Å². The molecule has 1 aromatic carbocycles. The van der Waals surface area contributed by atoms with Gasteiger partial charge in [-0.25, -0.2) is 10.0 Å². The third kappa shape index (κ3) is 1.78. The Hall–Kier alpha value is -2.57. The number of carbonyl (C=O) groups is 1. The van der Waals surface area contributed by atoms with Crippen molar-refractivity contribution in [1.29, 1.82) is 5.41 Å². The number of benzene rings is 1. The van der Waals surface area contributed by atoms with Crippen LogP contribution >= 0.6 is 0 Å². The lowest BCUT2D eigenvalue weighted by molar-refractivity contribution is -0.129. The van der Waals surface area contributed by atoms with E-state index in [2.05, 4.69) is 10.3 Å². The van der Waals surface area contributed by atoms with Crippen molar-refractivity contribution in [2.75, 3.05) is 31.2 Å². The Morgan fingerprint density at radius 2 is 2.10 bits per heavy atom. The minimum absolute atomic E-state index is 0.157. The van der Waals surface area contributed by atoms with Gasteiger partial charge in [-0.05, 0) is 24.6 Å². The predicted octanol–water partition coefficient (Wildman–Crippen LogP) is 0.823. The molecule has 7 nitrogen and oxygen atoms in total. The summed E-state index contributed by atoms with van der Waals surface area (Å²) in [5.74, 6) is -0.0609. The van der Waals surface area contributed by atoms with Gasteiger partial charge in [-0.3, -0.25) is 15.2 Å². The van der Waals surface area contributed by atoms with Crippen LogP contribution in [0.5, 0.6) is 0 Å². The van der Waals surface area contributed by atoms with Gasteiger partial charge in [0.25, 0.3) is 5.91 Å². The lowest BCUT2D eigenvalue weighted by atomic mass is 10.2. The highest BCUT2D eigenvalue weighted by molar-refractivity contribution is 6.68. The molecule has 0 unspecified atom stereocenters. The fourth-order valence-electron chi connectivity index (χ4n) is 2.43. The molecule has 2 aliphatic heterocycles. The van der Waals surface area contributed by atoms with Crippen molar-refractivity contribution >= 4 is 34.5 Å². The first-order valence-corrected chi connectivity index (χ1v) is 6.46. The molecule has 2 saturated heterocycles. The largest absolute Gasteiger partial charge is 0.397 e. The van der Waals surface area contributed by atoms with Crippen molar-refractivity contribution in [3.63, 3.8) is 0 Å². The van der Waals surface area contributed by atoms with Crippen molar-refractivity contribution in [2.24, 2.45) is 4.99 Å². The number of aliphatic imine (C=N–C) groups is 1. The van der Waals surface area contributed by atoms with Gasteiger partial charge < -0.3 is 11.1 Å². The van der Waals surface area contributed by atoms with E-state index in [0.29, 0.717) is 24.5 Å². The molecule has 2 fully saturated rings. The van der Waals surface area contributed by atoms with Gasteiger partial charge in [0, 0.05) is 25.8 Å². The summed E-state index contributed by atoms with van der Waals surface area (Å²) in [5, 5.41) is 14.3. The molecular weight excluding hydrogens is 256 g/mol. The van der Waals surface area contributed by atoms with Gasteiger partial charge in [0.1, 0.15) is 0 Å². The van der Waals surface area contributed by atoms with E-state index in [1.54, 1.807) is 29.2 Å². The topological polar surface area (TPSA) is 97.8 Å². The minimum atomic E-state index is -0.218. The SMILES string of the molecule is CNc1ccc(N=C2C(=N)N3CCCN3C2=O)c(N)c1. The zero-order valence-electron chi connectivity index (χ0n) is 11.2. The van der Waals surface area contributed by atoms with Crippen LogP contribution in [-0.4, -0.2) is 47.6 Å². The average molecular weight is 272 g/mol. The number of nitrogens with zero attached hydrogens (tertiary/aromatic N) is 3. The summed E-state index contributed by atoms with van der Waals surface area (Å²) in [6, 6.07) is 5.33. The summed E-state index contributed by atoms with van der Waals surface area (Å²) < 4.78 is 0. The van der Waals surface area contributed by atoms with Crippen LogP contribution < -0.4 is 11.1 Å². The fraction of sp³-hybridized carbons (Fsp3) is 0.308. The number of hydrazine groups is 1. The van der Waals surface area contributed by atoms with Crippen LogP contribution in [-0.2, 0) is 4.79 Å². The number of carbonyl (C=O) groups excluding carboxylic acids is 1. The molecule has 1 aromatic rings. The van der Waals surface area contributed by atoms with Crippen molar-refractivity contribution in [2.45, 2.75) is 6.42 Å². The Kier molecular flexibility index (Phi) is 2.81. The number of anilines is 2. The Morgan fingerprint density at radius 3 is 2.75 bits per heavy atom. The lowest BCUT2D eigenvalue weighted by Gasteiger charge is -2.17. The van der Waals surface area contributed by atoms with Gasteiger partial charge in [0.2, 0.25) is 0 Å². The highest BCUT2D eigenvalue weighted by Crippen LogP contribution is 2.28. The number of fused-ring (bicyclic) bond motifs is 1. The maximum Gasteiger partial charge on any atom is 0.294 e. The van der Waals surface area contributed by atoms with E-state index in [1.165, 1.54) is 0 Å². The zero-order chi connectivity index (χ0) is 14.3. The quantitative estimate of drug-likeness (QED) is 0.694. The van der Waals surface area contributed by atoms with Crippen LogP contribution in [0.1, 0.15) is 6.42 Å². The number of nitrogen functional groups attached to an aromatic ring is 1. The molecule has 0 spiro atoms. The second-order valence-electron chi connectivity index (χ2n) is 4.74.